The van der Waals surface area contributed by atoms with E-state index in [1.54, 1.807) is 6.20 Å². The van der Waals surface area contributed by atoms with Gasteiger partial charge in [0, 0.05) is 0 Å². The van der Waals surface area contributed by atoms with Gasteiger partial charge in [-0.3, -0.25) is 0 Å². The maximum Gasteiger partial charge on any atom is 0.300 e. The Morgan fingerprint density at radius 3 is 2.64 bits per heavy atom. The number of ether oxygens (including phenoxy) is 1. The first-order chi connectivity index (χ1) is 6.75. The molecule has 0 bridgehead atoms. The summed E-state index contributed by atoms with van der Waals surface area (Å²) in [6.07, 6.45) is 1.65. The van der Waals surface area contributed by atoms with Crippen molar-refractivity contribution in [2.24, 2.45) is 0 Å². The van der Waals surface area contributed by atoms with Crippen LogP contribution in [0.5, 0.6) is 11.8 Å². The second-order valence-corrected chi connectivity index (χ2v) is 4.28. The fourth-order valence-corrected chi connectivity index (χ4v) is 1.60. The molecule has 0 atom stereocenters. The van der Waals surface area contributed by atoms with Gasteiger partial charge in [0.15, 0.2) is 0 Å². The molecule has 0 unspecified atom stereocenters. The molecule has 1 N–H and O–H groups in total. The number of aromatic amines is 1. The number of nitrogens with zero attached hydrogens (tertiary/aromatic N) is 1. The van der Waals surface area contributed by atoms with Gasteiger partial charge in [-0.1, -0.05) is 12.1 Å². The Morgan fingerprint density at radius 1 is 1.21 bits per heavy atom. The zero-order chi connectivity index (χ0) is 9.97. The van der Waals surface area contributed by atoms with E-state index in [2.05, 4.69) is 41.8 Å². The van der Waals surface area contributed by atoms with Gasteiger partial charge in [0.25, 0.3) is 6.01 Å². The van der Waals surface area contributed by atoms with Crippen LogP contribution in [0.25, 0.3) is 0 Å². The molecule has 0 amide bonds. The van der Waals surface area contributed by atoms with Crippen LogP contribution in [0.4, 0.5) is 0 Å². The molecule has 72 valence electrons. The van der Waals surface area contributed by atoms with Crippen LogP contribution in [0.2, 0.25) is 0 Å². The lowest BCUT2D eigenvalue weighted by atomic mass is 10.3. The first-order valence-corrected chi connectivity index (χ1v) is 5.47. The van der Waals surface area contributed by atoms with Crippen molar-refractivity contribution in [2.45, 2.75) is 0 Å². The normalized spacial score (nSPS) is 10.1. The number of rotatable bonds is 2. The summed E-state index contributed by atoms with van der Waals surface area (Å²) in [5, 5.41) is 0. The van der Waals surface area contributed by atoms with Crippen LogP contribution >= 0.6 is 31.9 Å². The lowest BCUT2D eigenvalue weighted by Gasteiger charge is -2.02. The zero-order valence-corrected chi connectivity index (χ0v) is 10.2. The monoisotopic (exact) mass is 316 g/mol. The Kier molecular flexibility index (Phi) is 2.88. The third-order valence-electron chi connectivity index (χ3n) is 1.56. The minimum Gasteiger partial charge on any atom is -0.424 e. The molecule has 0 aliphatic rings. The minimum absolute atomic E-state index is 0.462. The van der Waals surface area contributed by atoms with Crippen LogP contribution in [0.1, 0.15) is 0 Å². The summed E-state index contributed by atoms with van der Waals surface area (Å²) in [6.45, 7) is 0. The highest BCUT2D eigenvalue weighted by atomic mass is 79.9. The van der Waals surface area contributed by atoms with Gasteiger partial charge in [0.1, 0.15) is 10.4 Å². The van der Waals surface area contributed by atoms with Gasteiger partial charge in [0.05, 0.1) is 10.7 Å². The lowest BCUT2D eigenvalue weighted by Crippen LogP contribution is -1.86. The molecule has 0 spiro atoms. The first kappa shape index (κ1) is 9.73. The SMILES string of the molecule is Brc1cnc(Oc2ccccc2Br)[nH]1. The summed E-state index contributed by atoms with van der Waals surface area (Å²) < 4.78 is 7.17. The van der Waals surface area contributed by atoms with E-state index in [9.17, 15) is 0 Å². The van der Waals surface area contributed by atoms with Gasteiger partial charge in [-0.2, -0.15) is 0 Å². The Labute approximate surface area is 97.8 Å². The second-order valence-electron chi connectivity index (χ2n) is 2.57. The molecule has 0 fully saturated rings. The topological polar surface area (TPSA) is 37.9 Å². The number of hydrogen-bond donors (Lipinski definition) is 1. The van der Waals surface area contributed by atoms with Crippen molar-refractivity contribution >= 4 is 31.9 Å². The van der Waals surface area contributed by atoms with Crippen LogP contribution in [0, 0.1) is 0 Å². The average Bonchev–Trinajstić information content (AvgIpc) is 2.56. The molecular formula is C9H6Br2N2O. The minimum atomic E-state index is 0.462. The maximum absolute atomic E-state index is 5.49. The molecule has 5 heteroatoms. The van der Waals surface area contributed by atoms with Gasteiger partial charge in [-0.05, 0) is 44.0 Å². The summed E-state index contributed by atoms with van der Waals surface area (Å²) in [5.41, 5.74) is 0. The zero-order valence-electron chi connectivity index (χ0n) is 7.00. The number of hydrogen-bond acceptors (Lipinski definition) is 2. The van der Waals surface area contributed by atoms with E-state index >= 15 is 0 Å². The predicted octanol–water partition coefficient (Wildman–Crippen LogP) is 3.73. The number of halogens is 2. The Bertz CT molecular complexity index is 442. The molecule has 1 aromatic heterocycles. The van der Waals surface area contributed by atoms with Crippen molar-refractivity contribution < 1.29 is 4.74 Å². The number of aromatic nitrogens is 2. The van der Waals surface area contributed by atoms with E-state index in [1.807, 2.05) is 24.3 Å². The van der Waals surface area contributed by atoms with Gasteiger partial charge < -0.3 is 9.72 Å². The number of imidazole rings is 1. The van der Waals surface area contributed by atoms with Crippen molar-refractivity contribution in [1.29, 1.82) is 0 Å². The molecule has 1 heterocycles. The van der Waals surface area contributed by atoms with Crippen molar-refractivity contribution in [3.05, 3.63) is 39.5 Å². The number of benzene rings is 1. The van der Waals surface area contributed by atoms with Gasteiger partial charge in [0.2, 0.25) is 0 Å². The van der Waals surface area contributed by atoms with Crippen LogP contribution in [-0.2, 0) is 0 Å². The van der Waals surface area contributed by atoms with E-state index in [-0.39, 0.29) is 0 Å². The van der Waals surface area contributed by atoms with Crippen molar-refractivity contribution in [2.75, 3.05) is 0 Å². The molecule has 0 aliphatic heterocycles. The summed E-state index contributed by atoms with van der Waals surface area (Å²) >= 11 is 6.64. The van der Waals surface area contributed by atoms with Crippen molar-refractivity contribution in [1.82, 2.24) is 9.97 Å². The molecule has 0 radical (unpaired) electrons. The molecule has 1 aromatic carbocycles. The molecule has 3 nitrogen and oxygen atoms in total. The fraction of sp³-hybridized carbons (Fsp3) is 0. The third kappa shape index (κ3) is 2.16. The van der Waals surface area contributed by atoms with Gasteiger partial charge in [-0.15, -0.1) is 0 Å². The fourth-order valence-electron chi connectivity index (χ4n) is 0.966. The quantitative estimate of drug-likeness (QED) is 0.916. The predicted molar refractivity (Wildman–Crippen MR) is 60.5 cm³/mol. The third-order valence-corrected chi connectivity index (χ3v) is 2.62. The Morgan fingerprint density at radius 2 is 2.00 bits per heavy atom. The molecule has 2 rings (SSSR count). The standard InChI is InChI=1S/C9H6Br2N2O/c10-6-3-1-2-4-7(6)14-9-12-5-8(11)13-9/h1-5H,(H,12,13). The number of para-hydroxylation sites is 1. The van der Waals surface area contributed by atoms with E-state index in [1.165, 1.54) is 0 Å². The second kappa shape index (κ2) is 4.14. The smallest absolute Gasteiger partial charge is 0.300 e. The number of nitrogens with one attached hydrogen (secondary N) is 1. The molecule has 14 heavy (non-hydrogen) atoms. The average molecular weight is 318 g/mol. The van der Waals surface area contributed by atoms with E-state index < -0.39 is 0 Å². The summed E-state index contributed by atoms with van der Waals surface area (Å²) in [6, 6.07) is 8.06. The summed E-state index contributed by atoms with van der Waals surface area (Å²) in [7, 11) is 0. The highest BCUT2D eigenvalue weighted by Gasteiger charge is 2.03. The summed E-state index contributed by atoms with van der Waals surface area (Å²) in [5.74, 6) is 0.731. The highest BCUT2D eigenvalue weighted by molar-refractivity contribution is 9.10. The van der Waals surface area contributed by atoms with Gasteiger partial charge >= 0.3 is 0 Å². The lowest BCUT2D eigenvalue weighted by molar-refractivity contribution is 0.444. The number of H-pyrrole nitrogens is 1. The highest BCUT2D eigenvalue weighted by Crippen LogP contribution is 2.27. The van der Waals surface area contributed by atoms with Crippen LogP contribution < -0.4 is 4.74 Å². The van der Waals surface area contributed by atoms with Gasteiger partial charge in [-0.25, -0.2) is 4.98 Å². The Balaban J connectivity index is 2.23. The van der Waals surface area contributed by atoms with Crippen LogP contribution in [0.15, 0.2) is 39.5 Å². The maximum atomic E-state index is 5.49. The van der Waals surface area contributed by atoms with E-state index in [4.69, 9.17) is 4.74 Å². The van der Waals surface area contributed by atoms with Crippen LogP contribution in [0.3, 0.4) is 0 Å². The van der Waals surface area contributed by atoms with E-state index in [0.29, 0.717) is 6.01 Å². The Hall–Kier alpha value is -0.810. The molecule has 0 aliphatic carbocycles. The van der Waals surface area contributed by atoms with Crippen molar-refractivity contribution in [3.63, 3.8) is 0 Å². The largest absolute Gasteiger partial charge is 0.424 e. The molecular weight excluding hydrogens is 312 g/mol. The van der Waals surface area contributed by atoms with E-state index in [0.717, 1.165) is 14.8 Å². The molecule has 0 saturated carbocycles. The molecule has 0 saturated heterocycles. The molecule has 2 aromatic rings. The van der Waals surface area contributed by atoms with Crippen LogP contribution in [-0.4, -0.2) is 9.97 Å². The first-order valence-electron chi connectivity index (χ1n) is 3.88. The van der Waals surface area contributed by atoms with Crippen molar-refractivity contribution in [3.8, 4) is 11.8 Å². The summed E-state index contributed by atoms with van der Waals surface area (Å²) in [4.78, 5) is 6.92.